The predicted molar refractivity (Wildman–Crippen MR) is 72.7 cm³/mol. The van der Waals surface area contributed by atoms with E-state index >= 15 is 0 Å². The fraction of sp³-hybridized carbons (Fsp3) is 0.692. The maximum Gasteiger partial charge on any atom is 0.389 e. The molecule has 0 spiro atoms. The van der Waals surface area contributed by atoms with Gasteiger partial charge in [-0.2, -0.15) is 4.68 Å². The van der Waals surface area contributed by atoms with Gasteiger partial charge < -0.3 is 15.2 Å². The number of hydrogen-bond acceptors (Lipinski definition) is 5. The van der Waals surface area contributed by atoms with E-state index in [4.69, 9.17) is 0 Å². The van der Waals surface area contributed by atoms with Gasteiger partial charge >= 0.3 is 11.8 Å². The summed E-state index contributed by atoms with van der Waals surface area (Å²) in [4.78, 5) is 23.8. The average molecular weight is 294 g/mol. The molecule has 3 rings (SSSR count). The van der Waals surface area contributed by atoms with Crippen LogP contribution in [-0.2, 0) is 11.3 Å². The van der Waals surface area contributed by atoms with Crippen molar-refractivity contribution in [1.29, 1.82) is 0 Å². The molecule has 2 aliphatic rings. The van der Waals surface area contributed by atoms with Crippen LogP contribution >= 0.6 is 0 Å². The Hall–Kier alpha value is -1.96. The van der Waals surface area contributed by atoms with E-state index in [0.29, 0.717) is 19.6 Å². The van der Waals surface area contributed by atoms with Gasteiger partial charge in [0.25, 0.3) is 0 Å². The highest BCUT2D eigenvalue weighted by Crippen LogP contribution is 2.48. The first-order chi connectivity index (χ1) is 10.0. The van der Waals surface area contributed by atoms with Gasteiger partial charge in [-0.25, -0.2) is 0 Å². The van der Waals surface area contributed by atoms with Crippen molar-refractivity contribution in [3.8, 4) is 0 Å². The van der Waals surface area contributed by atoms with Gasteiger partial charge in [-0.15, -0.1) is 0 Å². The number of fused-ring (bicyclic) bond motifs is 1. The van der Waals surface area contributed by atoms with E-state index < -0.39 is 16.3 Å². The molecule has 0 radical (unpaired) electrons. The number of aliphatic carboxylic acids is 1. The van der Waals surface area contributed by atoms with Crippen LogP contribution in [0, 0.1) is 21.4 Å². The lowest BCUT2D eigenvalue weighted by Gasteiger charge is -2.23. The molecule has 1 saturated heterocycles. The summed E-state index contributed by atoms with van der Waals surface area (Å²) in [5.41, 5.74) is -0.573. The van der Waals surface area contributed by atoms with Gasteiger partial charge in [-0.1, -0.05) is 6.42 Å². The van der Waals surface area contributed by atoms with Gasteiger partial charge in [0.15, 0.2) is 0 Å². The number of hydrogen-bond donors (Lipinski definition) is 1. The Balaban J connectivity index is 1.60. The maximum atomic E-state index is 11.6. The molecule has 0 aromatic carbocycles. The summed E-state index contributed by atoms with van der Waals surface area (Å²) >= 11 is 0. The van der Waals surface area contributed by atoms with Crippen LogP contribution < -0.4 is 0 Å². The van der Waals surface area contributed by atoms with Crippen LogP contribution in [0.15, 0.2) is 12.3 Å². The summed E-state index contributed by atoms with van der Waals surface area (Å²) in [5, 5.41) is 24.0. The van der Waals surface area contributed by atoms with Gasteiger partial charge in [0.1, 0.15) is 0 Å². The Labute approximate surface area is 121 Å². The molecule has 1 N–H and O–H groups in total. The van der Waals surface area contributed by atoms with Crippen LogP contribution in [0.3, 0.4) is 0 Å². The van der Waals surface area contributed by atoms with Gasteiger partial charge in [-0.3, -0.25) is 9.69 Å². The number of nitro groups is 1. The van der Waals surface area contributed by atoms with Crippen LogP contribution in [0.4, 0.5) is 5.82 Å². The maximum absolute atomic E-state index is 11.6. The van der Waals surface area contributed by atoms with Gasteiger partial charge in [0, 0.05) is 19.6 Å². The zero-order valence-electron chi connectivity index (χ0n) is 11.6. The highest BCUT2D eigenvalue weighted by Gasteiger charge is 2.54. The normalized spacial score (nSPS) is 28.7. The molecule has 1 aromatic heterocycles. The van der Waals surface area contributed by atoms with Crippen molar-refractivity contribution in [2.45, 2.75) is 25.8 Å². The Morgan fingerprint density at radius 1 is 1.57 bits per heavy atom. The van der Waals surface area contributed by atoms with Crippen LogP contribution in [0.5, 0.6) is 0 Å². The molecule has 1 aliphatic heterocycles. The second kappa shape index (κ2) is 5.10. The number of nitrogens with zero attached hydrogens (tertiary/aromatic N) is 4. The molecule has 2 atom stereocenters. The highest BCUT2D eigenvalue weighted by atomic mass is 16.6. The number of carbonyl (C=O) groups is 1. The molecule has 1 aliphatic carbocycles. The summed E-state index contributed by atoms with van der Waals surface area (Å²) in [6.07, 6.45) is 4.32. The van der Waals surface area contributed by atoms with Crippen molar-refractivity contribution in [2.24, 2.45) is 11.3 Å². The molecule has 8 nitrogen and oxygen atoms in total. The lowest BCUT2D eigenvalue weighted by Crippen LogP contribution is -2.36. The Bertz CT molecular complexity index is 572. The average Bonchev–Trinajstić information content (AvgIpc) is 3.09. The zero-order valence-corrected chi connectivity index (χ0v) is 11.6. The predicted octanol–water partition coefficient (Wildman–Crippen LogP) is 0.978. The second-order valence-corrected chi connectivity index (χ2v) is 5.98. The fourth-order valence-corrected chi connectivity index (χ4v) is 3.73. The first kappa shape index (κ1) is 14.0. The molecule has 8 heteroatoms. The molecule has 1 saturated carbocycles. The molecule has 0 unspecified atom stereocenters. The molecular weight excluding hydrogens is 276 g/mol. The van der Waals surface area contributed by atoms with E-state index in [1.807, 2.05) is 0 Å². The third-order valence-corrected chi connectivity index (χ3v) is 4.83. The molecular formula is C13H18N4O4. The van der Waals surface area contributed by atoms with E-state index in [0.717, 1.165) is 25.8 Å². The quantitative estimate of drug-likeness (QED) is 0.641. The number of rotatable bonds is 5. The lowest BCUT2D eigenvalue weighted by atomic mass is 9.81. The standard InChI is InChI=1S/C13H18N4O4/c18-12(19)13-4-1-2-10(13)8-15(9-13)6-7-16-5-3-11(14-16)17(20)21/h3,5,10H,1-2,4,6-9H2,(H,18,19)/t10-,13+/m0/s1. The third kappa shape index (κ3) is 2.39. The summed E-state index contributed by atoms with van der Waals surface area (Å²) in [5.74, 6) is -0.598. The van der Waals surface area contributed by atoms with Crippen molar-refractivity contribution in [1.82, 2.24) is 14.7 Å². The van der Waals surface area contributed by atoms with E-state index in [2.05, 4.69) is 10.00 Å². The van der Waals surface area contributed by atoms with Crippen molar-refractivity contribution < 1.29 is 14.8 Å². The third-order valence-electron chi connectivity index (χ3n) is 4.83. The fourth-order valence-electron chi connectivity index (χ4n) is 3.73. The van der Waals surface area contributed by atoms with E-state index in [9.17, 15) is 20.0 Å². The molecule has 2 fully saturated rings. The van der Waals surface area contributed by atoms with Crippen LogP contribution in [0.25, 0.3) is 0 Å². The lowest BCUT2D eigenvalue weighted by molar-refractivity contribution is -0.389. The first-order valence-corrected chi connectivity index (χ1v) is 7.15. The van der Waals surface area contributed by atoms with E-state index in [1.165, 1.54) is 6.07 Å². The smallest absolute Gasteiger partial charge is 0.389 e. The Morgan fingerprint density at radius 2 is 2.38 bits per heavy atom. The highest BCUT2D eigenvalue weighted by molar-refractivity contribution is 5.76. The molecule has 0 amide bonds. The number of carboxylic acid groups (broad SMARTS) is 1. The Morgan fingerprint density at radius 3 is 3.00 bits per heavy atom. The van der Waals surface area contributed by atoms with Crippen molar-refractivity contribution >= 4 is 11.8 Å². The SMILES string of the molecule is O=C(O)[C@@]12CCC[C@H]1CN(CCn1ccc([N+](=O)[O-])n1)C2. The first-order valence-electron chi connectivity index (χ1n) is 7.15. The summed E-state index contributed by atoms with van der Waals surface area (Å²) in [6, 6.07) is 1.37. The number of likely N-dealkylation sites (tertiary alicyclic amines) is 1. The van der Waals surface area contributed by atoms with Crippen molar-refractivity contribution in [3.05, 3.63) is 22.4 Å². The Kier molecular flexibility index (Phi) is 3.40. The minimum absolute atomic E-state index is 0.157. The second-order valence-electron chi connectivity index (χ2n) is 5.98. The van der Waals surface area contributed by atoms with Crippen LogP contribution in [-0.4, -0.2) is 50.3 Å². The molecule has 114 valence electrons. The summed E-state index contributed by atoms with van der Waals surface area (Å²) < 4.78 is 1.54. The molecule has 1 aromatic rings. The van der Waals surface area contributed by atoms with Crippen molar-refractivity contribution in [3.63, 3.8) is 0 Å². The summed E-state index contributed by atoms with van der Waals surface area (Å²) in [6.45, 7) is 2.59. The van der Waals surface area contributed by atoms with Gasteiger partial charge in [-0.05, 0) is 23.7 Å². The van der Waals surface area contributed by atoms with Gasteiger partial charge in [0.2, 0.25) is 0 Å². The minimum atomic E-state index is -0.678. The largest absolute Gasteiger partial charge is 0.481 e. The van der Waals surface area contributed by atoms with Crippen LogP contribution in [0.1, 0.15) is 19.3 Å². The monoisotopic (exact) mass is 294 g/mol. The summed E-state index contributed by atoms with van der Waals surface area (Å²) in [7, 11) is 0. The topological polar surface area (TPSA) is 102 Å². The van der Waals surface area contributed by atoms with Crippen LogP contribution in [0.2, 0.25) is 0 Å². The van der Waals surface area contributed by atoms with Crippen molar-refractivity contribution in [2.75, 3.05) is 19.6 Å². The van der Waals surface area contributed by atoms with E-state index in [-0.39, 0.29) is 11.7 Å². The number of carboxylic acids is 1. The van der Waals surface area contributed by atoms with Gasteiger partial charge in [0.05, 0.1) is 29.3 Å². The molecule has 21 heavy (non-hydrogen) atoms. The zero-order chi connectivity index (χ0) is 15.0. The molecule has 2 heterocycles. The number of aromatic nitrogens is 2. The minimum Gasteiger partial charge on any atom is -0.481 e. The van der Waals surface area contributed by atoms with E-state index in [1.54, 1.807) is 10.9 Å². The molecule has 0 bridgehead atoms.